The lowest BCUT2D eigenvalue weighted by Crippen LogP contribution is -2.61. The van der Waals surface area contributed by atoms with E-state index in [1.165, 1.54) is 0 Å². The van der Waals surface area contributed by atoms with Gasteiger partial charge in [0.15, 0.2) is 0 Å². The number of nitrogens with zero attached hydrogens (tertiary/aromatic N) is 3. The maximum absolute atomic E-state index is 12.0. The normalized spacial score (nSPS) is 41.1. The molecule has 1 aromatic rings. The Hall–Kier alpha value is -2.33. The molecule has 4 bridgehead atoms. The molecule has 5 fully saturated rings. The van der Waals surface area contributed by atoms with Gasteiger partial charge >= 0.3 is 6.09 Å². The van der Waals surface area contributed by atoms with E-state index >= 15 is 0 Å². The van der Waals surface area contributed by atoms with Gasteiger partial charge in [-0.25, -0.2) is 9.78 Å². The number of aromatic nitrogens is 1. The minimum absolute atomic E-state index is 0.00806. The van der Waals surface area contributed by atoms with Gasteiger partial charge in [0.05, 0.1) is 23.2 Å². The first-order valence-corrected chi connectivity index (χ1v) is 10.3. The average molecular weight is 382 g/mol. The van der Waals surface area contributed by atoms with Crippen LogP contribution in [0.1, 0.15) is 44.1 Å². The monoisotopic (exact) mass is 382 g/mol. The first kappa shape index (κ1) is 17.7. The molecule has 1 saturated heterocycles. The second-order valence-electron chi connectivity index (χ2n) is 9.32. The van der Waals surface area contributed by atoms with Gasteiger partial charge in [0, 0.05) is 12.7 Å². The largest absolute Gasteiger partial charge is 0.465 e. The molecule has 0 aromatic carbocycles. The van der Waals surface area contributed by atoms with Crippen molar-refractivity contribution in [3.63, 3.8) is 0 Å². The number of amides is 1. The second kappa shape index (κ2) is 6.35. The Morgan fingerprint density at radius 1 is 1.29 bits per heavy atom. The number of pyridine rings is 1. The first-order chi connectivity index (χ1) is 13.5. The van der Waals surface area contributed by atoms with Crippen molar-refractivity contribution in [3.05, 3.63) is 23.9 Å². The van der Waals surface area contributed by atoms with E-state index in [-0.39, 0.29) is 12.1 Å². The molecule has 4 atom stereocenters. The van der Waals surface area contributed by atoms with Gasteiger partial charge in [-0.05, 0) is 74.3 Å². The van der Waals surface area contributed by atoms with Crippen molar-refractivity contribution in [2.45, 2.75) is 56.2 Å². The predicted octanol–water partition coefficient (Wildman–Crippen LogP) is 2.67. The van der Waals surface area contributed by atoms with Crippen LogP contribution in [-0.2, 0) is 0 Å². The molecule has 148 valence electrons. The number of nitrogens with one attached hydrogen (secondary N) is 1. The number of rotatable bonds is 3. The van der Waals surface area contributed by atoms with Crippen LogP contribution in [0.15, 0.2) is 18.3 Å². The summed E-state index contributed by atoms with van der Waals surface area (Å²) in [4.78, 5) is 17.9. The molecule has 5 aliphatic rings. The summed E-state index contributed by atoms with van der Waals surface area (Å²) in [7, 11) is 0. The number of hydrogen-bond donors (Lipinski definition) is 3. The quantitative estimate of drug-likeness (QED) is 0.741. The Labute approximate surface area is 164 Å². The summed E-state index contributed by atoms with van der Waals surface area (Å²) in [5.41, 5.74) is -0.00738. The Morgan fingerprint density at radius 2 is 2.04 bits per heavy atom. The number of carbonyl (C=O) groups is 1. The van der Waals surface area contributed by atoms with Crippen LogP contribution >= 0.6 is 0 Å². The Bertz CT molecular complexity index is 804. The molecule has 4 unspecified atom stereocenters. The number of hydrogen-bond acceptors (Lipinski definition) is 5. The smallest absolute Gasteiger partial charge is 0.407 e. The van der Waals surface area contributed by atoms with Gasteiger partial charge in [-0.15, -0.1) is 0 Å². The van der Waals surface area contributed by atoms with Crippen LogP contribution in [0.3, 0.4) is 0 Å². The number of likely N-dealkylation sites (tertiary alicyclic amines) is 1. The SMILES string of the molecule is N#Cc1ccc(NC2CCN(C(=O)O)C2C2C3CC4CC2CC(O)(C4)C3)nc1. The topological polar surface area (TPSA) is 109 Å². The van der Waals surface area contributed by atoms with Crippen molar-refractivity contribution in [2.24, 2.45) is 23.7 Å². The third-order valence-electron chi connectivity index (χ3n) is 7.63. The number of anilines is 1. The van der Waals surface area contributed by atoms with Crippen LogP contribution in [0.25, 0.3) is 0 Å². The molecule has 4 aliphatic carbocycles. The van der Waals surface area contributed by atoms with Crippen molar-refractivity contribution < 1.29 is 15.0 Å². The van der Waals surface area contributed by atoms with Crippen molar-refractivity contribution in [1.29, 1.82) is 5.26 Å². The molecule has 1 aliphatic heterocycles. The highest BCUT2D eigenvalue weighted by Gasteiger charge is 2.59. The molecular formula is C21H26N4O3. The van der Waals surface area contributed by atoms with Gasteiger partial charge in [0.25, 0.3) is 0 Å². The fourth-order valence-electron chi connectivity index (χ4n) is 6.99. The highest BCUT2D eigenvalue weighted by molar-refractivity contribution is 5.66. The zero-order valence-corrected chi connectivity index (χ0v) is 15.8. The minimum atomic E-state index is -0.852. The zero-order valence-electron chi connectivity index (χ0n) is 15.8. The molecular weight excluding hydrogens is 356 g/mol. The van der Waals surface area contributed by atoms with E-state index in [0.717, 1.165) is 38.5 Å². The van der Waals surface area contributed by atoms with Crippen LogP contribution in [0.4, 0.5) is 10.6 Å². The van der Waals surface area contributed by atoms with E-state index in [1.54, 1.807) is 23.2 Å². The summed E-state index contributed by atoms with van der Waals surface area (Å²) in [5, 5.41) is 33.2. The van der Waals surface area contributed by atoms with Gasteiger partial charge < -0.3 is 20.4 Å². The van der Waals surface area contributed by atoms with E-state index < -0.39 is 11.7 Å². The molecule has 6 rings (SSSR count). The summed E-state index contributed by atoms with van der Waals surface area (Å²) >= 11 is 0. The van der Waals surface area contributed by atoms with Crippen LogP contribution in [0.5, 0.6) is 0 Å². The highest BCUT2D eigenvalue weighted by atomic mass is 16.4. The first-order valence-electron chi connectivity index (χ1n) is 10.3. The molecule has 1 aromatic heterocycles. The van der Waals surface area contributed by atoms with Crippen LogP contribution in [0.2, 0.25) is 0 Å². The predicted molar refractivity (Wildman–Crippen MR) is 101 cm³/mol. The van der Waals surface area contributed by atoms with Gasteiger partial charge in [0.1, 0.15) is 11.9 Å². The average Bonchev–Trinajstić information content (AvgIpc) is 3.04. The maximum Gasteiger partial charge on any atom is 0.407 e. The van der Waals surface area contributed by atoms with E-state index in [9.17, 15) is 15.0 Å². The highest BCUT2D eigenvalue weighted by Crippen LogP contribution is 2.60. The molecule has 28 heavy (non-hydrogen) atoms. The fourth-order valence-corrected chi connectivity index (χ4v) is 6.99. The summed E-state index contributed by atoms with van der Waals surface area (Å²) < 4.78 is 0. The third-order valence-corrected chi connectivity index (χ3v) is 7.63. The number of nitriles is 1. The van der Waals surface area contributed by atoms with E-state index in [0.29, 0.717) is 41.6 Å². The molecule has 4 saturated carbocycles. The Kier molecular flexibility index (Phi) is 4.02. The third kappa shape index (κ3) is 2.82. The summed E-state index contributed by atoms with van der Waals surface area (Å²) in [6, 6.07) is 5.51. The molecule has 7 heteroatoms. The number of carboxylic acid groups (broad SMARTS) is 1. The molecule has 0 spiro atoms. The molecule has 3 N–H and O–H groups in total. The summed E-state index contributed by atoms with van der Waals surface area (Å²) in [6.45, 7) is 0.525. The molecule has 1 amide bonds. The minimum Gasteiger partial charge on any atom is -0.465 e. The van der Waals surface area contributed by atoms with Gasteiger partial charge in [0.2, 0.25) is 0 Å². The summed E-state index contributed by atoms with van der Waals surface area (Å²) in [5.74, 6) is 2.39. The van der Waals surface area contributed by atoms with Crippen molar-refractivity contribution >= 4 is 11.9 Å². The van der Waals surface area contributed by atoms with Crippen LogP contribution in [-0.4, -0.2) is 50.4 Å². The van der Waals surface area contributed by atoms with Crippen molar-refractivity contribution in [3.8, 4) is 6.07 Å². The van der Waals surface area contributed by atoms with E-state index in [2.05, 4.69) is 16.4 Å². The maximum atomic E-state index is 12.0. The second-order valence-corrected chi connectivity index (χ2v) is 9.32. The Balaban J connectivity index is 1.42. The zero-order chi connectivity index (χ0) is 19.5. The molecule has 0 radical (unpaired) electrons. The standard InChI is InChI=1S/C21H26N4O3/c22-10-12-1-2-17(23-11-12)24-16-3-4-25(20(26)27)19(16)18-14-5-13-6-15(18)9-21(28,7-13)8-14/h1-2,11,13-16,18-19,28H,3-9H2,(H,23,24)(H,26,27). The number of aliphatic hydroxyl groups is 1. The van der Waals surface area contributed by atoms with Gasteiger partial charge in [-0.3, -0.25) is 0 Å². The van der Waals surface area contributed by atoms with E-state index in [4.69, 9.17) is 5.26 Å². The van der Waals surface area contributed by atoms with Crippen molar-refractivity contribution in [1.82, 2.24) is 9.88 Å². The lowest BCUT2D eigenvalue weighted by Gasteiger charge is -2.60. The van der Waals surface area contributed by atoms with E-state index in [1.807, 2.05) is 0 Å². The molecule has 7 nitrogen and oxygen atoms in total. The van der Waals surface area contributed by atoms with Crippen molar-refractivity contribution in [2.75, 3.05) is 11.9 Å². The lowest BCUT2D eigenvalue weighted by molar-refractivity contribution is -0.162. The van der Waals surface area contributed by atoms with Crippen LogP contribution < -0.4 is 5.32 Å². The summed E-state index contributed by atoms with van der Waals surface area (Å²) in [6.07, 6.45) is 6.24. The van der Waals surface area contributed by atoms with Crippen LogP contribution in [0, 0.1) is 35.0 Å². The Morgan fingerprint density at radius 3 is 2.61 bits per heavy atom. The fraction of sp³-hybridized carbons (Fsp3) is 0.667. The van der Waals surface area contributed by atoms with Gasteiger partial charge in [-0.2, -0.15) is 5.26 Å². The van der Waals surface area contributed by atoms with Gasteiger partial charge in [-0.1, -0.05) is 0 Å². The molecule has 2 heterocycles. The lowest BCUT2D eigenvalue weighted by atomic mass is 9.48.